The standard InChI is InChI=1S/C19H10BrF3N2OS2/c20-10-4-1-3-9(7-10)16(26)17-15(24)14-11(19(21,22)23)8-12(25-18(14)28-17)13-5-2-6-27-13/h1-8H,24H2. The molecule has 2 N–H and O–H groups in total. The predicted octanol–water partition coefficient (Wildman–Crippen LogP) is 6.62. The zero-order valence-electron chi connectivity index (χ0n) is 13.9. The van der Waals surface area contributed by atoms with E-state index in [-0.39, 0.29) is 26.5 Å². The predicted molar refractivity (Wildman–Crippen MR) is 110 cm³/mol. The highest BCUT2D eigenvalue weighted by Crippen LogP contribution is 2.44. The van der Waals surface area contributed by atoms with Crippen molar-refractivity contribution in [2.45, 2.75) is 6.18 Å². The van der Waals surface area contributed by atoms with Crippen LogP contribution in [0, 0.1) is 0 Å². The monoisotopic (exact) mass is 482 g/mol. The van der Waals surface area contributed by atoms with Gasteiger partial charge in [-0.05, 0) is 29.6 Å². The quantitative estimate of drug-likeness (QED) is 0.333. The van der Waals surface area contributed by atoms with E-state index >= 15 is 0 Å². The van der Waals surface area contributed by atoms with Gasteiger partial charge in [-0.3, -0.25) is 4.79 Å². The van der Waals surface area contributed by atoms with E-state index in [1.54, 1.807) is 41.8 Å². The number of rotatable bonds is 3. The zero-order chi connectivity index (χ0) is 20.1. The molecule has 3 aromatic heterocycles. The number of hydrogen-bond donors (Lipinski definition) is 1. The Bertz CT molecular complexity index is 1200. The van der Waals surface area contributed by atoms with E-state index in [0.29, 0.717) is 14.9 Å². The number of nitrogens with zero attached hydrogens (tertiary/aromatic N) is 1. The van der Waals surface area contributed by atoms with E-state index in [9.17, 15) is 18.0 Å². The second-order valence-corrected chi connectivity index (χ2v) is 8.76. The maximum atomic E-state index is 13.7. The Labute approximate surface area is 173 Å². The van der Waals surface area contributed by atoms with Gasteiger partial charge in [-0.25, -0.2) is 4.98 Å². The number of carbonyl (C=O) groups excluding carboxylic acids is 1. The molecule has 1 aromatic carbocycles. The lowest BCUT2D eigenvalue weighted by Gasteiger charge is -2.10. The number of alkyl halides is 3. The van der Waals surface area contributed by atoms with Gasteiger partial charge in [-0.1, -0.05) is 34.1 Å². The van der Waals surface area contributed by atoms with Gasteiger partial charge in [-0.2, -0.15) is 13.2 Å². The molecule has 4 aromatic rings. The summed E-state index contributed by atoms with van der Waals surface area (Å²) in [5.41, 5.74) is 5.48. The SMILES string of the molecule is Nc1c(C(=O)c2cccc(Br)c2)sc2nc(-c3cccs3)cc(C(F)(F)F)c12. The number of aromatic nitrogens is 1. The minimum absolute atomic E-state index is 0.0504. The van der Waals surface area contributed by atoms with E-state index in [2.05, 4.69) is 20.9 Å². The fourth-order valence-electron chi connectivity index (χ4n) is 2.82. The second kappa shape index (κ2) is 6.98. The maximum absolute atomic E-state index is 13.7. The smallest absolute Gasteiger partial charge is 0.397 e. The molecule has 0 aliphatic carbocycles. The summed E-state index contributed by atoms with van der Waals surface area (Å²) in [7, 11) is 0. The number of thiophene rings is 2. The lowest BCUT2D eigenvalue weighted by Crippen LogP contribution is -2.08. The summed E-state index contributed by atoms with van der Waals surface area (Å²) in [5, 5.41) is 1.54. The largest absolute Gasteiger partial charge is 0.417 e. The fraction of sp³-hybridized carbons (Fsp3) is 0.0526. The molecule has 0 aliphatic rings. The topological polar surface area (TPSA) is 56.0 Å². The molecule has 0 radical (unpaired) electrons. The Hall–Kier alpha value is -2.23. The molecule has 142 valence electrons. The number of ketones is 1. The molecule has 0 atom stereocenters. The second-order valence-electron chi connectivity index (χ2n) is 5.89. The molecule has 3 heterocycles. The number of carbonyl (C=O) groups is 1. The highest BCUT2D eigenvalue weighted by molar-refractivity contribution is 9.10. The zero-order valence-corrected chi connectivity index (χ0v) is 17.1. The van der Waals surface area contributed by atoms with Crippen molar-refractivity contribution in [2.75, 3.05) is 5.73 Å². The summed E-state index contributed by atoms with van der Waals surface area (Å²) in [6.45, 7) is 0. The number of anilines is 1. The Kier molecular flexibility index (Phi) is 4.76. The van der Waals surface area contributed by atoms with Crippen LogP contribution in [0.4, 0.5) is 18.9 Å². The molecule has 0 unspecified atom stereocenters. The summed E-state index contributed by atoms with van der Waals surface area (Å²) in [5.74, 6) is -0.437. The Balaban J connectivity index is 1.96. The van der Waals surface area contributed by atoms with Crippen molar-refractivity contribution in [1.82, 2.24) is 4.98 Å². The van der Waals surface area contributed by atoms with E-state index in [4.69, 9.17) is 5.73 Å². The van der Waals surface area contributed by atoms with Crippen LogP contribution in [0.2, 0.25) is 0 Å². The van der Waals surface area contributed by atoms with Crippen LogP contribution in [0.3, 0.4) is 0 Å². The number of benzene rings is 1. The van der Waals surface area contributed by atoms with E-state index in [0.717, 1.165) is 17.4 Å². The van der Waals surface area contributed by atoms with Gasteiger partial charge in [0.25, 0.3) is 0 Å². The lowest BCUT2D eigenvalue weighted by molar-refractivity contribution is -0.136. The van der Waals surface area contributed by atoms with Crippen LogP contribution >= 0.6 is 38.6 Å². The highest BCUT2D eigenvalue weighted by Gasteiger charge is 2.36. The molecule has 0 saturated heterocycles. The summed E-state index contributed by atoms with van der Waals surface area (Å²) in [6.07, 6.45) is -4.63. The van der Waals surface area contributed by atoms with Crippen LogP contribution in [0.25, 0.3) is 20.8 Å². The molecule has 9 heteroatoms. The fourth-order valence-corrected chi connectivity index (χ4v) is 4.99. The molecule has 28 heavy (non-hydrogen) atoms. The molecule has 0 saturated carbocycles. The van der Waals surface area contributed by atoms with Crippen LogP contribution in [-0.2, 0) is 6.18 Å². The summed E-state index contributed by atoms with van der Waals surface area (Å²) >= 11 is 5.45. The van der Waals surface area contributed by atoms with Gasteiger partial charge in [0.1, 0.15) is 9.71 Å². The molecular formula is C19H10BrF3N2OS2. The molecule has 0 bridgehead atoms. The first-order valence-corrected chi connectivity index (χ1v) is 10.4. The normalized spacial score (nSPS) is 11.9. The molecular weight excluding hydrogens is 473 g/mol. The minimum atomic E-state index is -4.63. The molecule has 0 aliphatic heterocycles. The van der Waals surface area contributed by atoms with Gasteiger partial charge in [-0.15, -0.1) is 22.7 Å². The van der Waals surface area contributed by atoms with Gasteiger partial charge in [0.15, 0.2) is 0 Å². The molecule has 3 nitrogen and oxygen atoms in total. The lowest BCUT2D eigenvalue weighted by atomic mass is 10.1. The van der Waals surface area contributed by atoms with Gasteiger partial charge in [0.2, 0.25) is 5.78 Å². The van der Waals surface area contributed by atoms with Crippen molar-refractivity contribution in [3.8, 4) is 10.6 Å². The van der Waals surface area contributed by atoms with Crippen LogP contribution in [-0.4, -0.2) is 10.8 Å². The van der Waals surface area contributed by atoms with Gasteiger partial charge in [0, 0.05) is 15.4 Å². The van der Waals surface area contributed by atoms with Crippen molar-refractivity contribution in [1.29, 1.82) is 0 Å². The number of halogens is 4. The van der Waals surface area contributed by atoms with E-state index < -0.39 is 17.5 Å². The van der Waals surface area contributed by atoms with Gasteiger partial charge >= 0.3 is 6.18 Å². The van der Waals surface area contributed by atoms with Crippen LogP contribution in [0.15, 0.2) is 52.3 Å². The average Bonchev–Trinajstić information content (AvgIpc) is 3.28. The van der Waals surface area contributed by atoms with Crippen molar-refractivity contribution in [3.05, 3.63) is 68.3 Å². The van der Waals surface area contributed by atoms with Crippen molar-refractivity contribution in [3.63, 3.8) is 0 Å². The highest BCUT2D eigenvalue weighted by atomic mass is 79.9. The van der Waals surface area contributed by atoms with Gasteiger partial charge < -0.3 is 5.73 Å². The van der Waals surface area contributed by atoms with E-state index in [1.165, 1.54) is 11.3 Å². The average molecular weight is 483 g/mol. The number of fused-ring (bicyclic) bond motifs is 1. The number of nitrogen functional groups attached to an aromatic ring is 1. The van der Waals surface area contributed by atoms with Crippen molar-refractivity contribution in [2.24, 2.45) is 0 Å². The number of pyridine rings is 1. The summed E-state index contributed by atoms with van der Waals surface area (Å²) in [6, 6.07) is 11.0. The van der Waals surface area contributed by atoms with Crippen molar-refractivity contribution < 1.29 is 18.0 Å². The number of nitrogens with two attached hydrogens (primary N) is 1. The first-order chi connectivity index (χ1) is 13.3. The third-order valence-electron chi connectivity index (χ3n) is 4.07. The van der Waals surface area contributed by atoms with Crippen LogP contribution < -0.4 is 5.73 Å². The Morgan fingerprint density at radius 2 is 1.93 bits per heavy atom. The van der Waals surface area contributed by atoms with Crippen LogP contribution in [0.1, 0.15) is 20.8 Å². The Morgan fingerprint density at radius 3 is 2.57 bits per heavy atom. The summed E-state index contributed by atoms with van der Waals surface area (Å²) < 4.78 is 41.9. The van der Waals surface area contributed by atoms with Gasteiger partial charge in [0.05, 0.1) is 21.8 Å². The third kappa shape index (κ3) is 3.34. The molecule has 0 fully saturated rings. The molecule has 0 amide bonds. The van der Waals surface area contributed by atoms with E-state index in [1.807, 2.05) is 0 Å². The van der Waals surface area contributed by atoms with Crippen LogP contribution in [0.5, 0.6) is 0 Å². The third-order valence-corrected chi connectivity index (χ3v) is 6.55. The van der Waals surface area contributed by atoms with Crippen molar-refractivity contribution >= 4 is 60.3 Å². The first kappa shape index (κ1) is 19.1. The first-order valence-electron chi connectivity index (χ1n) is 7.90. The number of hydrogen-bond acceptors (Lipinski definition) is 5. The summed E-state index contributed by atoms with van der Waals surface area (Å²) in [4.78, 5) is 18.0. The minimum Gasteiger partial charge on any atom is -0.397 e. The molecule has 0 spiro atoms. The Morgan fingerprint density at radius 1 is 1.14 bits per heavy atom. The maximum Gasteiger partial charge on any atom is 0.417 e. The molecule has 4 rings (SSSR count).